The lowest BCUT2D eigenvalue weighted by Gasteiger charge is -2.10. The maximum Gasteiger partial charge on any atom is 0.305 e. The van der Waals surface area contributed by atoms with Gasteiger partial charge in [0.1, 0.15) is 5.75 Å². The summed E-state index contributed by atoms with van der Waals surface area (Å²) in [6.07, 6.45) is 0.796. The van der Waals surface area contributed by atoms with Gasteiger partial charge in [-0.05, 0) is 42.3 Å². The van der Waals surface area contributed by atoms with Crippen molar-refractivity contribution in [3.05, 3.63) is 72.0 Å². The van der Waals surface area contributed by atoms with Crippen molar-refractivity contribution in [1.82, 2.24) is 15.8 Å². The Hall–Kier alpha value is -3.65. The highest BCUT2D eigenvalue weighted by Crippen LogP contribution is 2.31. The second-order valence-corrected chi connectivity index (χ2v) is 7.43. The number of carbonyl (C=O) groups excluding carboxylic acids is 2. The number of amides is 2. The number of aryl methyl sites for hydroxylation is 1. The van der Waals surface area contributed by atoms with Crippen molar-refractivity contribution in [2.24, 2.45) is 0 Å². The Morgan fingerprint density at radius 1 is 1.03 bits per heavy atom. The van der Waals surface area contributed by atoms with Crippen LogP contribution >= 0.6 is 11.3 Å². The first-order chi connectivity index (χ1) is 14.6. The minimum atomic E-state index is -0.565. The highest BCUT2D eigenvalue weighted by Gasteiger charge is 2.16. The SMILES string of the molecule is CCc1ccccc1OCC(=O)NNC(=O)c1ccc(-c2nc3ccccc3s2)o1. The fourth-order valence-corrected chi connectivity index (χ4v) is 3.78. The van der Waals surface area contributed by atoms with E-state index in [-0.39, 0.29) is 12.4 Å². The molecule has 0 bridgehead atoms. The smallest absolute Gasteiger partial charge is 0.305 e. The zero-order valence-electron chi connectivity index (χ0n) is 16.2. The van der Waals surface area contributed by atoms with E-state index in [0.29, 0.717) is 16.5 Å². The average molecular weight is 421 g/mol. The maximum absolute atomic E-state index is 12.3. The second kappa shape index (κ2) is 8.79. The summed E-state index contributed by atoms with van der Waals surface area (Å²) in [6, 6.07) is 18.5. The van der Waals surface area contributed by atoms with Crippen molar-refractivity contribution in [3.63, 3.8) is 0 Å². The number of furan rings is 1. The highest BCUT2D eigenvalue weighted by atomic mass is 32.1. The van der Waals surface area contributed by atoms with Gasteiger partial charge >= 0.3 is 5.91 Å². The highest BCUT2D eigenvalue weighted by molar-refractivity contribution is 7.21. The number of rotatable bonds is 6. The van der Waals surface area contributed by atoms with E-state index in [1.54, 1.807) is 12.1 Å². The van der Waals surface area contributed by atoms with Crippen LogP contribution in [0.15, 0.2) is 65.1 Å². The Morgan fingerprint density at radius 2 is 1.83 bits per heavy atom. The van der Waals surface area contributed by atoms with E-state index in [9.17, 15) is 9.59 Å². The quantitative estimate of drug-likeness (QED) is 0.460. The predicted octanol–water partition coefficient (Wildman–Crippen LogP) is 3.96. The van der Waals surface area contributed by atoms with Crippen molar-refractivity contribution in [2.45, 2.75) is 13.3 Å². The van der Waals surface area contributed by atoms with Crippen LogP contribution in [0, 0.1) is 0 Å². The van der Waals surface area contributed by atoms with Crippen LogP contribution in [0.3, 0.4) is 0 Å². The first kappa shape index (κ1) is 19.7. The molecular weight excluding hydrogens is 402 g/mol. The fraction of sp³-hybridized carbons (Fsp3) is 0.136. The van der Waals surface area contributed by atoms with Crippen LogP contribution in [0.1, 0.15) is 23.0 Å². The third-order valence-corrected chi connectivity index (χ3v) is 5.41. The van der Waals surface area contributed by atoms with E-state index >= 15 is 0 Å². The number of thiazole rings is 1. The Morgan fingerprint density at radius 3 is 2.67 bits per heavy atom. The third-order valence-electron chi connectivity index (χ3n) is 4.36. The molecule has 0 aliphatic heterocycles. The molecule has 30 heavy (non-hydrogen) atoms. The van der Waals surface area contributed by atoms with Crippen LogP contribution in [0.25, 0.3) is 21.0 Å². The maximum atomic E-state index is 12.3. The van der Waals surface area contributed by atoms with Gasteiger partial charge in [0.15, 0.2) is 23.1 Å². The topological polar surface area (TPSA) is 93.5 Å². The summed E-state index contributed by atoms with van der Waals surface area (Å²) in [5, 5.41) is 0.683. The van der Waals surface area contributed by atoms with Gasteiger partial charge in [0.2, 0.25) is 0 Å². The lowest BCUT2D eigenvalue weighted by atomic mass is 10.1. The number of carbonyl (C=O) groups is 2. The number of para-hydroxylation sites is 2. The van der Waals surface area contributed by atoms with Gasteiger partial charge in [-0.15, -0.1) is 11.3 Å². The van der Waals surface area contributed by atoms with E-state index < -0.39 is 11.8 Å². The monoisotopic (exact) mass is 421 g/mol. The number of nitrogens with zero attached hydrogens (tertiary/aromatic N) is 1. The van der Waals surface area contributed by atoms with Crippen molar-refractivity contribution in [1.29, 1.82) is 0 Å². The zero-order valence-corrected chi connectivity index (χ0v) is 17.0. The van der Waals surface area contributed by atoms with E-state index in [0.717, 1.165) is 22.2 Å². The van der Waals surface area contributed by atoms with Gasteiger partial charge in [0, 0.05) is 0 Å². The fourth-order valence-electron chi connectivity index (χ4n) is 2.86. The number of hydrogen-bond acceptors (Lipinski definition) is 6. The number of hydrazine groups is 1. The molecule has 4 aromatic rings. The predicted molar refractivity (Wildman–Crippen MR) is 114 cm³/mol. The molecule has 8 heteroatoms. The molecule has 2 N–H and O–H groups in total. The molecule has 0 saturated carbocycles. The molecule has 0 aliphatic rings. The molecule has 2 amide bonds. The number of benzene rings is 2. The van der Waals surface area contributed by atoms with E-state index in [1.165, 1.54) is 17.4 Å². The van der Waals surface area contributed by atoms with Crippen LogP contribution in [-0.2, 0) is 11.2 Å². The molecule has 0 spiro atoms. The summed E-state index contributed by atoms with van der Waals surface area (Å²) < 4.78 is 12.2. The van der Waals surface area contributed by atoms with Crippen LogP contribution in [0.5, 0.6) is 5.75 Å². The Bertz CT molecular complexity index is 1160. The van der Waals surface area contributed by atoms with Crippen LogP contribution in [-0.4, -0.2) is 23.4 Å². The molecule has 0 atom stereocenters. The second-order valence-electron chi connectivity index (χ2n) is 6.40. The lowest BCUT2D eigenvalue weighted by molar-refractivity contribution is -0.123. The first-order valence-corrected chi connectivity index (χ1v) is 10.2. The Balaban J connectivity index is 1.32. The summed E-state index contributed by atoms with van der Waals surface area (Å²) in [4.78, 5) is 28.8. The largest absolute Gasteiger partial charge is 0.483 e. The number of fused-ring (bicyclic) bond motifs is 1. The number of aromatic nitrogens is 1. The standard InChI is InChI=1S/C22H19N3O4S/c1-2-14-7-3-5-9-16(14)28-13-20(26)24-25-21(27)17-11-12-18(29-17)22-23-15-8-4-6-10-19(15)30-22/h3-12H,2,13H2,1H3,(H,24,26)(H,25,27). The summed E-state index contributed by atoms with van der Waals surface area (Å²) >= 11 is 1.48. The number of nitrogens with one attached hydrogen (secondary N) is 2. The van der Waals surface area contributed by atoms with Crippen molar-refractivity contribution < 1.29 is 18.7 Å². The summed E-state index contributed by atoms with van der Waals surface area (Å²) in [6.45, 7) is 1.79. The number of ether oxygens (including phenoxy) is 1. The summed E-state index contributed by atoms with van der Waals surface area (Å²) in [7, 11) is 0. The lowest BCUT2D eigenvalue weighted by Crippen LogP contribution is -2.43. The Labute approximate surface area is 176 Å². The van der Waals surface area contributed by atoms with E-state index in [1.807, 2.05) is 49.4 Å². The zero-order chi connectivity index (χ0) is 20.9. The summed E-state index contributed by atoms with van der Waals surface area (Å²) in [5.41, 5.74) is 6.53. The molecule has 7 nitrogen and oxygen atoms in total. The van der Waals surface area contributed by atoms with Gasteiger partial charge in [-0.2, -0.15) is 0 Å². The molecule has 152 valence electrons. The third kappa shape index (κ3) is 4.33. The minimum absolute atomic E-state index is 0.0711. The molecule has 2 heterocycles. The molecule has 0 fully saturated rings. The van der Waals surface area contributed by atoms with Gasteiger partial charge < -0.3 is 9.15 Å². The van der Waals surface area contributed by atoms with Gasteiger partial charge in [-0.25, -0.2) is 4.98 Å². The van der Waals surface area contributed by atoms with Gasteiger partial charge in [0.25, 0.3) is 5.91 Å². The van der Waals surface area contributed by atoms with Gasteiger partial charge in [-0.1, -0.05) is 37.3 Å². The van der Waals surface area contributed by atoms with Gasteiger partial charge in [-0.3, -0.25) is 20.4 Å². The normalized spacial score (nSPS) is 10.7. The molecular formula is C22H19N3O4S. The Kier molecular flexibility index (Phi) is 5.76. The van der Waals surface area contributed by atoms with Crippen LogP contribution in [0.2, 0.25) is 0 Å². The molecule has 2 aromatic carbocycles. The molecule has 2 aromatic heterocycles. The van der Waals surface area contributed by atoms with Crippen molar-refractivity contribution in [2.75, 3.05) is 6.61 Å². The number of hydrogen-bond donors (Lipinski definition) is 2. The molecule has 0 radical (unpaired) electrons. The molecule has 0 unspecified atom stereocenters. The minimum Gasteiger partial charge on any atom is -0.483 e. The van der Waals surface area contributed by atoms with E-state index in [4.69, 9.17) is 9.15 Å². The van der Waals surface area contributed by atoms with Crippen LogP contribution in [0.4, 0.5) is 0 Å². The molecule has 0 aliphatic carbocycles. The van der Waals surface area contributed by atoms with E-state index in [2.05, 4.69) is 15.8 Å². The summed E-state index contributed by atoms with van der Waals surface area (Å²) in [5.74, 6) is 0.166. The first-order valence-electron chi connectivity index (χ1n) is 9.39. The molecule has 4 rings (SSSR count). The van der Waals surface area contributed by atoms with Crippen molar-refractivity contribution >= 4 is 33.4 Å². The van der Waals surface area contributed by atoms with Crippen LogP contribution < -0.4 is 15.6 Å². The van der Waals surface area contributed by atoms with Gasteiger partial charge in [0.05, 0.1) is 10.2 Å². The average Bonchev–Trinajstić information content (AvgIpc) is 3.43. The molecule has 0 saturated heterocycles. The van der Waals surface area contributed by atoms with Crippen molar-refractivity contribution in [3.8, 4) is 16.5 Å².